The quantitative estimate of drug-likeness (QED) is 0.896. The van der Waals surface area contributed by atoms with Crippen molar-refractivity contribution < 1.29 is 9.59 Å². The minimum absolute atomic E-state index is 0.00379. The Morgan fingerprint density at radius 3 is 2.74 bits per heavy atom. The Kier molecular flexibility index (Phi) is 4.37. The fraction of sp³-hybridized carbons (Fsp3) is 0.611. The van der Waals surface area contributed by atoms with Crippen molar-refractivity contribution in [2.24, 2.45) is 11.3 Å². The summed E-state index contributed by atoms with van der Waals surface area (Å²) in [6.07, 6.45) is 7.87. The number of rotatable bonds is 4. The van der Waals surface area contributed by atoms with Gasteiger partial charge in [0.15, 0.2) is 0 Å². The first kappa shape index (κ1) is 16.0. The number of nitrogens with one attached hydrogen (secondary N) is 2. The highest BCUT2D eigenvalue weighted by Gasteiger charge is 2.30. The Hall–Kier alpha value is -1.91. The zero-order valence-electron chi connectivity index (χ0n) is 13.9. The summed E-state index contributed by atoms with van der Waals surface area (Å²) in [7, 11) is 0. The second-order valence-corrected chi connectivity index (χ2v) is 7.62. The van der Waals surface area contributed by atoms with Crippen molar-refractivity contribution in [3.05, 3.63) is 23.9 Å². The van der Waals surface area contributed by atoms with Crippen molar-refractivity contribution >= 4 is 17.6 Å². The fourth-order valence-electron chi connectivity index (χ4n) is 3.30. The van der Waals surface area contributed by atoms with E-state index in [1.807, 2.05) is 0 Å². The highest BCUT2D eigenvalue weighted by atomic mass is 16.2. The summed E-state index contributed by atoms with van der Waals surface area (Å²) in [5.41, 5.74) is 0.840. The standard InChI is InChI=1S/C18H25N3O2/c1-18(2)8-3-4-14(11-18)20-17(23)13-7-9-19-15(10-13)21-16(22)12-5-6-12/h7,9-10,12,14H,3-6,8,11H2,1-2H3,(H,20,23)(H,19,21,22). The van der Waals surface area contributed by atoms with Gasteiger partial charge in [-0.05, 0) is 49.7 Å². The van der Waals surface area contributed by atoms with Crippen LogP contribution in [-0.2, 0) is 4.79 Å². The van der Waals surface area contributed by atoms with Crippen molar-refractivity contribution in [3.63, 3.8) is 0 Å². The Labute approximate surface area is 137 Å². The number of pyridine rings is 1. The predicted molar refractivity (Wildman–Crippen MR) is 89.1 cm³/mol. The number of hydrogen-bond donors (Lipinski definition) is 2. The second kappa shape index (κ2) is 6.30. The molecule has 5 heteroatoms. The molecule has 2 amide bonds. The van der Waals surface area contributed by atoms with Crippen LogP contribution in [0.4, 0.5) is 5.82 Å². The maximum atomic E-state index is 12.5. The first-order chi connectivity index (χ1) is 10.9. The minimum atomic E-state index is -0.0861. The molecule has 1 heterocycles. The normalized spacial score (nSPS) is 23.1. The number of amides is 2. The predicted octanol–water partition coefficient (Wildman–Crippen LogP) is 3.13. The van der Waals surface area contributed by atoms with E-state index < -0.39 is 0 Å². The minimum Gasteiger partial charge on any atom is -0.349 e. The van der Waals surface area contributed by atoms with Gasteiger partial charge >= 0.3 is 0 Å². The number of carbonyl (C=O) groups is 2. The van der Waals surface area contributed by atoms with E-state index in [0.29, 0.717) is 11.4 Å². The summed E-state index contributed by atoms with van der Waals surface area (Å²) in [4.78, 5) is 28.4. The van der Waals surface area contributed by atoms with Crippen LogP contribution in [0.25, 0.3) is 0 Å². The van der Waals surface area contributed by atoms with Crippen LogP contribution in [0.3, 0.4) is 0 Å². The third kappa shape index (κ3) is 4.30. The first-order valence-corrected chi connectivity index (χ1v) is 8.51. The Morgan fingerprint density at radius 1 is 1.26 bits per heavy atom. The SMILES string of the molecule is CC1(C)CCCC(NC(=O)c2ccnc(NC(=O)C3CC3)c2)C1. The highest BCUT2D eigenvalue weighted by molar-refractivity contribution is 5.97. The average molecular weight is 315 g/mol. The molecule has 124 valence electrons. The lowest BCUT2D eigenvalue weighted by molar-refractivity contribution is -0.117. The molecule has 0 radical (unpaired) electrons. The lowest BCUT2D eigenvalue weighted by atomic mass is 9.75. The molecule has 0 aromatic carbocycles. The number of carbonyl (C=O) groups excluding carboxylic acids is 2. The molecule has 0 bridgehead atoms. The second-order valence-electron chi connectivity index (χ2n) is 7.62. The molecule has 1 unspecified atom stereocenters. The van der Waals surface area contributed by atoms with Crippen LogP contribution in [0.1, 0.15) is 62.7 Å². The molecule has 5 nitrogen and oxygen atoms in total. The highest BCUT2D eigenvalue weighted by Crippen LogP contribution is 2.35. The molecule has 3 rings (SSSR count). The van der Waals surface area contributed by atoms with Gasteiger partial charge in [-0.15, -0.1) is 0 Å². The van der Waals surface area contributed by atoms with Gasteiger partial charge in [-0.25, -0.2) is 4.98 Å². The average Bonchev–Trinajstić information content (AvgIpc) is 3.31. The topological polar surface area (TPSA) is 71.1 Å². The molecular weight excluding hydrogens is 290 g/mol. The smallest absolute Gasteiger partial charge is 0.251 e. The van der Waals surface area contributed by atoms with Gasteiger partial charge in [0.1, 0.15) is 5.82 Å². The van der Waals surface area contributed by atoms with Crippen molar-refractivity contribution in [2.45, 2.75) is 58.4 Å². The van der Waals surface area contributed by atoms with Crippen LogP contribution in [0.15, 0.2) is 18.3 Å². The van der Waals surface area contributed by atoms with Crippen LogP contribution in [0.5, 0.6) is 0 Å². The molecule has 0 spiro atoms. The molecule has 0 aliphatic heterocycles. The van der Waals surface area contributed by atoms with Gasteiger partial charge in [-0.2, -0.15) is 0 Å². The Balaban J connectivity index is 1.61. The molecule has 23 heavy (non-hydrogen) atoms. The molecule has 2 saturated carbocycles. The van der Waals surface area contributed by atoms with Crippen LogP contribution in [0.2, 0.25) is 0 Å². The molecular formula is C18H25N3O2. The molecule has 1 atom stereocenters. The molecule has 2 aliphatic carbocycles. The number of aromatic nitrogens is 1. The third-order valence-electron chi connectivity index (χ3n) is 4.76. The summed E-state index contributed by atoms with van der Waals surface area (Å²) in [6, 6.07) is 3.57. The van der Waals surface area contributed by atoms with E-state index in [2.05, 4.69) is 29.5 Å². The zero-order valence-corrected chi connectivity index (χ0v) is 13.9. The van der Waals surface area contributed by atoms with E-state index in [0.717, 1.165) is 32.1 Å². The van der Waals surface area contributed by atoms with E-state index in [1.54, 1.807) is 18.3 Å². The van der Waals surface area contributed by atoms with Crippen LogP contribution < -0.4 is 10.6 Å². The van der Waals surface area contributed by atoms with Crippen molar-refractivity contribution in [3.8, 4) is 0 Å². The number of anilines is 1. The maximum Gasteiger partial charge on any atom is 0.251 e. The molecule has 2 fully saturated rings. The largest absolute Gasteiger partial charge is 0.349 e. The summed E-state index contributed by atoms with van der Waals surface area (Å²) < 4.78 is 0. The van der Waals surface area contributed by atoms with Crippen molar-refractivity contribution in [1.29, 1.82) is 0 Å². The van der Waals surface area contributed by atoms with E-state index in [-0.39, 0.29) is 29.2 Å². The summed E-state index contributed by atoms with van der Waals surface area (Å²) in [5, 5.41) is 5.91. The van der Waals surface area contributed by atoms with Gasteiger partial charge < -0.3 is 10.6 Å². The third-order valence-corrected chi connectivity index (χ3v) is 4.76. The Bertz CT molecular complexity index is 608. The lowest BCUT2D eigenvalue weighted by Crippen LogP contribution is -2.40. The van der Waals surface area contributed by atoms with Crippen molar-refractivity contribution in [2.75, 3.05) is 5.32 Å². The van der Waals surface area contributed by atoms with Crippen LogP contribution in [-0.4, -0.2) is 22.8 Å². The van der Waals surface area contributed by atoms with Gasteiger partial charge in [0.2, 0.25) is 5.91 Å². The van der Waals surface area contributed by atoms with E-state index in [1.165, 1.54) is 6.42 Å². The fourth-order valence-corrected chi connectivity index (χ4v) is 3.30. The van der Waals surface area contributed by atoms with E-state index >= 15 is 0 Å². The molecule has 1 aromatic heterocycles. The molecule has 1 aromatic rings. The van der Waals surface area contributed by atoms with Gasteiger partial charge in [0.25, 0.3) is 5.91 Å². The summed E-state index contributed by atoms with van der Waals surface area (Å²) >= 11 is 0. The summed E-state index contributed by atoms with van der Waals surface area (Å²) in [5.74, 6) is 0.499. The maximum absolute atomic E-state index is 12.5. The van der Waals surface area contributed by atoms with Gasteiger partial charge in [0.05, 0.1) is 0 Å². The number of hydrogen-bond acceptors (Lipinski definition) is 3. The zero-order chi connectivity index (χ0) is 16.4. The molecule has 2 aliphatic rings. The lowest BCUT2D eigenvalue weighted by Gasteiger charge is -2.35. The van der Waals surface area contributed by atoms with Crippen LogP contribution >= 0.6 is 0 Å². The number of nitrogens with zero attached hydrogens (tertiary/aromatic N) is 1. The Morgan fingerprint density at radius 2 is 2.04 bits per heavy atom. The molecule has 2 N–H and O–H groups in total. The van der Waals surface area contributed by atoms with Gasteiger partial charge in [-0.1, -0.05) is 20.3 Å². The monoisotopic (exact) mass is 315 g/mol. The van der Waals surface area contributed by atoms with Gasteiger partial charge in [0, 0.05) is 23.7 Å². The first-order valence-electron chi connectivity index (χ1n) is 8.51. The molecule has 0 saturated heterocycles. The summed E-state index contributed by atoms with van der Waals surface area (Å²) in [6.45, 7) is 4.51. The van der Waals surface area contributed by atoms with Crippen LogP contribution in [0, 0.1) is 11.3 Å². The van der Waals surface area contributed by atoms with Gasteiger partial charge in [-0.3, -0.25) is 9.59 Å². The van der Waals surface area contributed by atoms with Crippen molar-refractivity contribution in [1.82, 2.24) is 10.3 Å². The van der Waals surface area contributed by atoms with E-state index in [4.69, 9.17) is 0 Å². The van der Waals surface area contributed by atoms with E-state index in [9.17, 15) is 9.59 Å².